The van der Waals surface area contributed by atoms with Crippen molar-refractivity contribution in [3.8, 4) is 0 Å². The lowest BCUT2D eigenvalue weighted by molar-refractivity contribution is 0.927. The molecule has 0 amide bonds. The molecule has 0 aromatic carbocycles. The Morgan fingerprint density at radius 1 is 0.909 bits per heavy atom. The van der Waals surface area contributed by atoms with Crippen molar-refractivity contribution in [2.45, 2.75) is 35.1 Å². The summed E-state index contributed by atoms with van der Waals surface area (Å²) in [5, 5.41) is 12.5. The minimum absolute atomic E-state index is 0. The molecule has 0 aliphatic carbocycles. The van der Waals surface area contributed by atoms with Crippen LogP contribution < -0.4 is 0 Å². The van der Waals surface area contributed by atoms with Gasteiger partial charge in [-0.1, -0.05) is 30.6 Å². The molecular formula is C15H19Cl2N5. The average Bonchev–Trinajstić information content (AvgIpc) is 2.76. The first-order valence-corrected chi connectivity index (χ1v) is 7.08. The second-order valence-corrected chi connectivity index (χ2v) is 5.51. The molecule has 0 saturated heterocycles. The Morgan fingerprint density at radius 2 is 1.55 bits per heavy atom. The number of aryl methyl sites for hydroxylation is 4. The van der Waals surface area contributed by atoms with E-state index in [0.717, 1.165) is 28.2 Å². The van der Waals surface area contributed by atoms with Crippen LogP contribution in [-0.2, 0) is 0 Å². The van der Waals surface area contributed by atoms with Crippen LogP contribution in [0.15, 0.2) is 18.3 Å². The summed E-state index contributed by atoms with van der Waals surface area (Å²) >= 11 is 11.3. The highest BCUT2D eigenvalue weighted by Gasteiger charge is 2.02. The summed E-state index contributed by atoms with van der Waals surface area (Å²) < 4.78 is 1.70. The van der Waals surface area contributed by atoms with Crippen LogP contribution in [-0.4, -0.2) is 24.8 Å². The van der Waals surface area contributed by atoms with Gasteiger partial charge in [0.15, 0.2) is 10.8 Å². The molecule has 3 heterocycles. The fraction of sp³-hybridized carbons (Fsp3) is 0.333. The second-order valence-electron chi connectivity index (χ2n) is 4.74. The fourth-order valence-electron chi connectivity index (χ4n) is 1.72. The van der Waals surface area contributed by atoms with E-state index in [4.69, 9.17) is 23.2 Å². The number of hydrogen-bond acceptors (Lipinski definition) is 4. The number of imidazole rings is 1. The molecule has 0 bridgehead atoms. The summed E-state index contributed by atoms with van der Waals surface area (Å²) in [4.78, 5) is 4.30. The number of nitrogens with zero attached hydrogens (tertiary/aromatic N) is 5. The molecule has 0 spiro atoms. The number of aromatic nitrogens is 5. The van der Waals surface area contributed by atoms with Gasteiger partial charge in [-0.2, -0.15) is 10.2 Å². The van der Waals surface area contributed by atoms with Gasteiger partial charge in [0.1, 0.15) is 5.15 Å². The Kier molecular flexibility index (Phi) is 6.26. The number of fused-ring (bicyclic) bond motifs is 1. The molecule has 3 rings (SSSR count). The minimum atomic E-state index is 0. The zero-order valence-electron chi connectivity index (χ0n) is 12.2. The van der Waals surface area contributed by atoms with Crippen LogP contribution in [0.3, 0.4) is 0 Å². The Morgan fingerprint density at radius 3 is 2.14 bits per heavy atom. The van der Waals surface area contributed by atoms with E-state index in [-0.39, 0.29) is 7.43 Å². The lowest BCUT2D eigenvalue weighted by atomic mass is 10.3. The fourth-order valence-corrected chi connectivity index (χ4v) is 2.17. The van der Waals surface area contributed by atoms with Gasteiger partial charge in [-0.25, -0.2) is 9.50 Å². The zero-order valence-corrected chi connectivity index (χ0v) is 13.7. The number of halogens is 2. The Bertz CT molecular complexity index is 783. The first kappa shape index (κ1) is 18.3. The van der Waals surface area contributed by atoms with E-state index in [0.29, 0.717) is 10.3 Å². The van der Waals surface area contributed by atoms with Crippen molar-refractivity contribution >= 4 is 28.8 Å². The van der Waals surface area contributed by atoms with Crippen molar-refractivity contribution in [2.75, 3.05) is 0 Å². The molecule has 118 valence electrons. The maximum Gasteiger partial charge on any atom is 0.156 e. The molecule has 0 fully saturated rings. The number of hydrogen-bond donors (Lipinski definition) is 0. The summed E-state index contributed by atoms with van der Waals surface area (Å²) in [6.45, 7) is 7.76. The Balaban J connectivity index is 0.000000219. The minimum Gasteiger partial charge on any atom is -0.232 e. The summed E-state index contributed by atoms with van der Waals surface area (Å²) in [6, 6.07) is 3.60. The third kappa shape index (κ3) is 4.39. The molecule has 3 aromatic heterocycles. The van der Waals surface area contributed by atoms with Crippen LogP contribution in [0, 0.1) is 27.7 Å². The van der Waals surface area contributed by atoms with Crippen molar-refractivity contribution < 1.29 is 0 Å². The molecule has 0 aliphatic rings. The molecule has 0 atom stereocenters. The highest BCUT2D eigenvalue weighted by atomic mass is 35.5. The first-order chi connectivity index (χ1) is 9.86. The molecular weight excluding hydrogens is 321 g/mol. The SMILES string of the molecule is C.Cc1cc(Cl)nnc1C.Cc1cn2nc(Cl)cc(C)c2n1. The van der Waals surface area contributed by atoms with E-state index in [1.807, 2.05) is 40.0 Å². The zero-order chi connectivity index (χ0) is 15.6. The Labute approximate surface area is 140 Å². The van der Waals surface area contributed by atoms with Crippen molar-refractivity contribution in [2.24, 2.45) is 0 Å². The maximum atomic E-state index is 5.77. The van der Waals surface area contributed by atoms with Crippen LogP contribution in [0.5, 0.6) is 0 Å². The van der Waals surface area contributed by atoms with Gasteiger partial charge in [-0.3, -0.25) is 0 Å². The van der Waals surface area contributed by atoms with E-state index in [9.17, 15) is 0 Å². The van der Waals surface area contributed by atoms with Gasteiger partial charge < -0.3 is 0 Å². The Hall–Kier alpha value is -1.72. The number of rotatable bonds is 0. The van der Waals surface area contributed by atoms with E-state index in [1.54, 1.807) is 10.6 Å². The first-order valence-electron chi connectivity index (χ1n) is 6.32. The highest BCUT2D eigenvalue weighted by Crippen LogP contribution is 2.12. The third-order valence-corrected chi connectivity index (χ3v) is 3.27. The van der Waals surface area contributed by atoms with Crippen LogP contribution in [0.2, 0.25) is 10.3 Å². The molecule has 0 N–H and O–H groups in total. The summed E-state index contributed by atoms with van der Waals surface area (Å²) in [6.07, 6.45) is 1.86. The van der Waals surface area contributed by atoms with Crippen LogP contribution in [0.4, 0.5) is 0 Å². The van der Waals surface area contributed by atoms with Crippen LogP contribution in [0.25, 0.3) is 5.65 Å². The molecule has 0 saturated carbocycles. The second kappa shape index (κ2) is 7.51. The molecule has 0 radical (unpaired) electrons. The molecule has 0 unspecified atom stereocenters. The monoisotopic (exact) mass is 339 g/mol. The molecule has 3 aromatic rings. The van der Waals surface area contributed by atoms with Gasteiger partial charge in [0.05, 0.1) is 17.6 Å². The standard InChI is InChI=1S/C8H8ClN3.C6H7ClN2.CH4/c1-5-3-7(9)11-12-4-6(2)10-8(5)12;1-4-3-6(7)9-8-5(4)2;/h3-4H,1-2H3;3H,1-2H3;1H4. The lowest BCUT2D eigenvalue weighted by Gasteiger charge is -1.96. The van der Waals surface area contributed by atoms with Gasteiger partial charge >= 0.3 is 0 Å². The van der Waals surface area contributed by atoms with Crippen molar-refractivity contribution in [1.29, 1.82) is 0 Å². The van der Waals surface area contributed by atoms with Gasteiger partial charge in [-0.15, -0.1) is 5.10 Å². The van der Waals surface area contributed by atoms with E-state index in [2.05, 4.69) is 20.3 Å². The molecule has 5 nitrogen and oxygen atoms in total. The largest absolute Gasteiger partial charge is 0.232 e. The lowest BCUT2D eigenvalue weighted by Crippen LogP contribution is -1.92. The van der Waals surface area contributed by atoms with E-state index < -0.39 is 0 Å². The summed E-state index contributed by atoms with van der Waals surface area (Å²) in [5.41, 5.74) is 4.88. The van der Waals surface area contributed by atoms with Gasteiger partial charge in [-0.05, 0) is 51.0 Å². The smallest absolute Gasteiger partial charge is 0.156 e. The normalized spacial score (nSPS) is 9.91. The van der Waals surface area contributed by atoms with Gasteiger partial charge in [0.2, 0.25) is 0 Å². The van der Waals surface area contributed by atoms with Crippen LogP contribution in [0.1, 0.15) is 29.9 Å². The quantitative estimate of drug-likeness (QED) is 0.609. The predicted molar refractivity (Wildman–Crippen MR) is 90.7 cm³/mol. The van der Waals surface area contributed by atoms with Crippen molar-refractivity contribution in [1.82, 2.24) is 24.8 Å². The summed E-state index contributed by atoms with van der Waals surface area (Å²) in [5.74, 6) is 0. The van der Waals surface area contributed by atoms with E-state index >= 15 is 0 Å². The van der Waals surface area contributed by atoms with Crippen LogP contribution >= 0.6 is 23.2 Å². The van der Waals surface area contributed by atoms with Gasteiger partial charge in [0, 0.05) is 0 Å². The van der Waals surface area contributed by atoms with Crippen molar-refractivity contribution in [3.63, 3.8) is 0 Å². The average molecular weight is 340 g/mol. The van der Waals surface area contributed by atoms with Crippen molar-refractivity contribution in [3.05, 3.63) is 51.2 Å². The molecule has 0 aliphatic heterocycles. The maximum absolute atomic E-state index is 5.77. The van der Waals surface area contributed by atoms with Gasteiger partial charge in [0.25, 0.3) is 0 Å². The third-order valence-electron chi connectivity index (χ3n) is 2.90. The van der Waals surface area contributed by atoms with E-state index in [1.165, 1.54) is 0 Å². The highest BCUT2D eigenvalue weighted by molar-refractivity contribution is 6.29. The summed E-state index contributed by atoms with van der Waals surface area (Å²) in [7, 11) is 0. The molecule has 22 heavy (non-hydrogen) atoms. The topological polar surface area (TPSA) is 56.0 Å². The predicted octanol–water partition coefficient (Wildman–Crippen LogP) is 4.38. The molecule has 7 heteroatoms.